The molecule has 1 aliphatic heterocycles. The summed E-state index contributed by atoms with van der Waals surface area (Å²) in [4.78, 5) is 16.1. The van der Waals surface area contributed by atoms with Crippen LogP contribution < -0.4 is 4.90 Å². The zero-order chi connectivity index (χ0) is 22.5. The minimum atomic E-state index is -0.302. The lowest BCUT2D eigenvalue weighted by atomic mass is 10.1. The Balaban J connectivity index is 1.54. The Bertz CT molecular complexity index is 1450. The van der Waals surface area contributed by atoms with Crippen molar-refractivity contribution in [3.05, 3.63) is 73.2 Å². The predicted molar refractivity (Wildman–Crippen MR) is 118 cm³/mol. The van der Waals surface area contributed by atoms with Gasteiger partial charge in [0.05, 0.1) is 24.1 Å². The number of anilines is 2. The Morgan fingerprint density at radius 3 is 2.67 bits per heavy atom. The number of imidazole rings is 1. The lowest BCUT2D eigenvalue weighted by Gasteiger charge is -2.35. The van der Waals surface area contributed by atoms with Gasteiger partial charge < -0.3 is 4.90 Å². The van der Waals surface area contributed by atoms with Crippen molar-refractivity contribution in [2.45, 2.75) is 19.4 Å². The second-order valence-electron chi connectivity index (χ2n) is 7.73. The molecule has 0 fully saturated rings. The standard InChI is InChI=1S/C22H19FN10/c1-3-17-21-29-26-13-32(21)18-11-25-22(28-20(18)33(17)16-10-27-30(2)12-16)31-9-8-24-19(31)14-4-6-15(23)7-5-14/h4-13,17H,3H2,1-2H3. The molecule has 4 aromatic heterocycles. The van der Waals surface area contributed by atoms with Gasteiger partial charge in [-0.1, -0.05) is 6.92 Å². The van der Waals surface area contributed by atoms with Crippen molar-refractivity contribution in [1.82, 2.24) is 44.1 Å². The van der Waals surface area contributed by atoms with E-state index in [0.717, 1.165) is 29.2 Å². The number of rotatable bonds is 4. The van der Waals surface area contributed by atoms with Gasteiger partial charge in [-0.3, -0.25) is 13.8 Å². The van der Waals surface area contributed by atoms with Gasteiger partial charge in [0, 0.05) is 31.2 Å². The number of hydrogen-bond acceptors (Lipinski definition) is 7. The summed E-state index contributed by atoms with van der Waals surface area (Å²) in [5, 5.41) is 12.9. The summed E-state index contributed by atoms with van der Waals surface area (Å²) in [7, 11) is 1.88. The van der Waals surface area contributed by atoms with Crippen molar-refractivity contribution < 1.29 is 4.39 Å². The van der Waals surface area contributed by atoms with E-state index in [1.807, 2.05) is 17.8 Å². The molecule has 1 atom stereocenters. The quantitative estimate of drug-likeness (QED) is 0.421. The van der Waals surface area contributed by atoms with Gasteiger partial charge in [-0.05, 0) is 30.7 Å². The second-order valence-corrected chi connectivity index (χ2v) is 7.73. The zero-order valence-electron chi connectivity index (χ0n) is 17.9. The van der Waals surface area contributed by atoms with Crippen LogP contribution in [-0.4, -0.2) is 44.1 Å². The van der Waals surface area contributed by atoms with Gasteiger partial charge in [0.25, 0.3) is 0 Å². The maximum atomic E-state index is 13.4. The first-order valence-corrected chi connectivity index (χ1v) is 10.5. The molecule has 5 aromatic rings. The molecular formula is C22H19FN10. The molecule has 0 bridgehead atoms. The largest absolute Gasteiger partial charge is 0.311 e. The van der Waals surface area contributed by atoms with Crippen LogP contribution in [0.5, 0.6) is 0 Å². The molecule has 0 spiro atoms. The fraction of sp³-hybridized carbons (Fsp3) is 0.182. The number of benzene rings is 1. The van der Waals surface area contributed by atoms with Crippen LogP contribution in [0.25, 0.3) is 23.0 Å². The highest BCUT2D eigenvalue weighted by Gasteiger charge is 2.35. The van der Waals surface area contributed by atoms with E-state index in [1.165, 1.54) is 12.1 Å². The maximum Gasteiger partial charge on any atom is 0.237 e. The Morgan fingerprint density at radius 2 is 1.91 bits per heavy atom. The molecule has 1 aliphatic rings. The normalized spacial score (nSPS) is 14.9. The van der Waals surface area contributed by atoms with Crippen LogP contribution in [0.3, 0.4) is 0 Å². The molecule has 0 saturated carbocycles. The van der Waals surface area contributed by atoms with E-state index in [4.69, 9.17) is 4.98 Å². The lowest BCUT2D eigenvalue weighted by Crippen LogP contribution is -2.32. The first-order valence-electron chi connectivity index (χ1n) is 10.5. The summed E-state index contributed by atoms with van der Waals surface area (Å²) in [6, 6.07) is 6.11. The fourth-order valence-electron chi connectivity index (χ4n) is 4.22. The van der Waals surface area contributed by atoms with Crippen LogP contribution in [0.2, 0.25) is 0 Å². The number of halogens is 1. The molecular weight excluding hydrogens is 423 g/mol. The highest BCUT2D eigenvalue weighted by atomic mass is 19.1. The molecule has 0 radical (unpaired) electrons. The van der Waals surface area contributed by atoms with Crippen molar-refractivity contribution in [3.8, 4) is 23.0 Å². The Morgan fingerprint density at radius 1 is 1.06 bits per heavy atom. The summed E-state index contributed by atoms with van der Waals surface area (Å²) in [6.07, 6.45) is 11.4. The fourth-order valence-corrected chi connectivity index (χ4v) is 4.22. The van der Waals surface area contributed by atoms with Gasteiger partial charge >= 0.3 is 0 Å². The van der Waals surface area contributed by atoms with Crippen molar-refractivity contribution in [1.29, 1.82) is 0 Å². The van der Waals surface area contributed by atoms with Gasteiger partial charge in [-0.25, -0.2) is 14.4 Å². The summed E-state index contributed by atoms with van der Waals surface area (Å²) in [5.41, 5.74) is 2.43. The van der Waals surface area contributed by atoms with Gasteiger partial charge in [0.15, 0.2) is 11.6 Å². The second kappa shape index (κ2) is 7.33. The number of hydrogen-bond donors (Lipinski definition) is 0. The molecule has 0 amide bonds. The van der Waals surface area contributed by atoms with Crippen molar-refractivity contribution >= 4 is 11.5 Å². The van der Waals surface area contributed by atoms with Crippen LogP contribution in [0.15, 0.2) is 61.6 Å². The Hall–Kier alpha value is -4.41. The monoisotopic (exact) mass is 442 g/mol. The summed E-state index contributed by atoms with van der Waals surface area (Å²) < 4.78 is 18.9. The van der Waals surface area contributed by atoms with Crippen LogP contribution in [0.1, 0.15) is 25.2 Å². The molecule has 6 rings (SSSR count). The molecule has 10 nitrogen and oxygen atoms in total. The van der Waals surface area contributed by atoms with Crippen molar-refractivity contribution in [3.63, 3.8) is 0 Å². The van der Waals surface area contributed by atoms with Crippen LogP contribution in [0.4, 0.5) is 15.9 Å². The van der Waals surface area contributed by atoms with Gasteiger partial charge in [0.2, 0.25) is 5.95 Å². The predicted octanol–water partition coefficient (Wildman–Crippen LogP) is 3.39. The van der Waals surface area contributed by atoms with E-state index in [2.05, 4.69) is 37.1 Å². The first-order chi connectivity index (χ1) is 16.1. The number of nitrogens with zero attached hydrogens (tertiary/aromatic N) is 10. The van der Waals surface area contributed by atoms with E-state index >= 15 is 0 Å². The third-order valence-electron chi connectivity index (χ3n) is 5.72. The van der Waals surface area contributed by atoms with Crippen LogP contribution >= 0.6 is 0 Å². The average Bonchev–Trinajstić information content (AvgIpc) is 3.59. The van der Waals surface area contributed by atoms with Crippen molar-refractivity contribution in [2.24, 2.45) is 7.05 Å². The zero-order valence-corrected chi connectivity index (χ0v) is 17.9. The van der Waals surface area contributed by atoms with Gasteiger partial charge in [-0.2, -0.15) is 10.1 Å². The highest BCUT2D eigenvalue weighted by Crippen LogP contribution is 2.42. The number of aryl methyl sites for hydroxylation is 1. The molecule has 5 heterocycles. The molecule has 0 aliphatic carbocycles. The smallest absolute Gasteiger partial charge is 0.237 e. The topological polar surface area (TPSA) is 95.4 Å². The van der Waals surface area contributed by atoms with E-state index in [0.29, 0.717) is 17.6 Å². The molecule has 11 heteroatoms. The van der Waals surface area contributed by atoms with Crippen molar-refractivity contribution in [2.75, 3.05) is 4.90 Å². The highest BCUT2D eigenvalue weighted by molar-refractivity contribution is 5.71. The van der Waals surface area contributed by atoms with E-state index in [9.17, 15) is 4.39 Å². The molecule has 0 saturated heterocycles. The SMILES string of the molecule is CCC1c2nncn2-c2cnc(-n3ccnc3-c3ccc(F)cc3)nc2N1c1cnn(C)c1. The summed E-state index contributed by atoms with van der Waals surface area (Å²) in [5.74, 6) is 2.30. The van der Waals surface area contributed by atoms with E-state index in [-0.39, 0.29) is 11.9 Å². The molecule has 1 unspecified atom stereocenters. The Labute approximate surface area is 188 Å². The third kappa shape index (κ3) is 3.00. The van der Waals surface area contributed by atoms with E-state index in [1.54, 1.807) is 52.5 Å². The van der Waals surface area contributed by atoms with E-state index < -0.39 is 0 Å². The molecule has 33 heavy (non-hydrogen) atoms. The number of aromatic nitrogens is 9. The minimum Gasteiger partial charge on any atom is -0.311 e. The minimum absolute atomic E-state index is 0.0775. The summed E-state index contributed by atoms with van der Waals surface area (Å²) in [6.45, 7) is 2.10. The Kier molecular flexibility index (Phi) is 4.28. The lowest BCUT2D eigenvalue weighted by molar-refractivity contribution is 0.588. The average molecular weight is 442 g/mol. The maximum absolute atomic E-state index is 13.4. The molecule has 164 valence electrons. The molecule has 1 aromatic carbocycles. The van der Waals surface area contributed by atoms with Gasteiger partial charge in [0.1, 0.15) is 23.7 Å². The molecule has 0 N–H and O–H groups in total. The number of fused-ring (bicyclic) bond motifs is 3. The third-order valence-corrected chi connectivity index (χ3v) is 5.72. The van der Waals surface area contributed by atoms with Gasteiger partial charge in [-0.15, -0.1) is 10.2 Å². The van der Waals surface area contributed by atoms with Crippen LogP contribution in [-0.2, 0) is 7.05 Å². The first kappa shape index (κ1) is 19.3. The summed E-state index contributed by atoms with van der Waals surface area (Å²) >= 11 is 0. The van der Waals surface area contributed by atoms with Crippen LogP contribution in [0, 0.1) is 5.82 Å².